The third-order valence-corrected chi connectivity index (χ3v) is 5.98. The van der Waals surface area contributed by atoms with Gasteiger partial charge < -0.3 is 0 Å². The molecule has 0 aliphatic carbocycles. The Bertz CT molecular complexity index is 1130. The minimum Gasteiger partial charge on any atom is -0.276 e. The number of rotatable bonds is 4. The van der Waals surface area contributed by atoms with E-state index in [9.17, 15) is 8.42 Å². The van der Waals surface area contributed by atoms with Gasteiger partial charge in [0.05, 0.1) is 4.90 Å². The molecule has 2 heterocycles. The molecule has 25 heavy (non-hydrogen) atoms. The molecular formula is C18H15N3O2S2. The summed E-state index contributed by atoms with van der Waals surface area (Å²) in [5, 5.41) is 1.88. The van der Waals surface area contributed by atoms with E-state index >= 15 is 0 Å². The lowest BCUT2D eigenvalue weighted by atomic mass is 10.1. The van der Waals surface area contributed by atoms with Crippen LogP contribution in [0.15, 0.2) is 71.1 Å². The van der Waals surface area contributed by atoms with Crippen LogP contribution in [0, 0.1) is 6.92 Å². The van der Waals surface area contributed by atoms with Crippen molar-refractivity contribution in [1.29, 1.82) is 0 Å². The summed E-state index contributed by atoms with van der Waals surface area (Å²) in [5.41, 5.74) is 2.48. The zero-order valence-electron chi connectivity index (χ0n) is 13.4. The Morgan fingerprint density at radius 2 is 1.76 bits per heavy atom. The molecule has 0 aliphatic rings. The van der Waals surface area contributed by atoms with Crippen LogP contribution in [0.25, 0.3) is 16.2 Å². The lowest BCUT2D eigenvalue weighted by Gasteiger charge is -2.09. The van der Waals surface area contributed by atoms with Gasteiger partial charge in [0.25, 0.3) is 10.0 Å². The van der Waals surface area contributed by atoms with Gasteiger partial charge in [-0.1, -0.05) is 48.0 Å². The largest absolute Gasteiger partial charge is 0.276 e. The highest BCUT2D eigenvalue weighted by Crippen LogP contribution is 2.32. The number of benzene rings is 2. The maximum absolute atomic E-state index is 12.8. The fraction of sp³-hybridized carbons (Fsp3) is 0.0556. The maximum Gasteiger partial charge on any atom is 0.263 e. The second kappa shape index (κ2) is 6.02. The van der Waals surface area contributed by atoms with E-state index in [1.54, 1.807) is 28.7 Å². The molecule has 0 aliphatic heterocycles. The Morgan fingerprint density at radius 3 is 2.48 bits per heavy atom. The molecule has 0 saturated carbocycles. The van der Waals surface area contributed by atoms with Crippen molar-refractivity contribution >= 4 is 32.1 Å². The molecule has 126 valence electrons. The number of imidazole rings is 1. The zero-order valence-corrected chi connectivity index (χ0v) is 15.0. The van der Waals surface area contributed by atoms with E-state index in [-0.39, 0.29) is 4.90 Å². The minimum atomic E-state index is -3.71. The number of nitrogens with zero attached hydrogens (tertiary/aromatic N) is 2. The number of hydrogen-bond acceptors (Lipinski definition) is 4. The molecule has 0 unspecified atom stereocenters. The van der Waals surface area contributed by atoms with Crippen molar-refractivity contribution in [3.05, 3.63) is 71.7 Å². The van der Waals surface area contributed by atoms with E-state index in [1.165, 1.54) is 11.3 Å². The van der Waals surface area contributed by atoms with E-state index in [0.29, 0.717) is 11.5 Å². The van der Waals surface area contributed by atoms with Crippen LogP contribution in [0.4, 0.5) is 5.82 Å². The predicted molar refractivity (Wildman–Crippen MR) is 100 cm³/mol. The highest BCUT2D eigenvalue weighted by atomic mass is 32.2. The highest BCUT2D eigenvalue weighted by Gasteiger charge is 2.21. The van der Waals surface area contributed by atoms with Gasteiger partial charge in [-0.2, -0.15) is 0 Å². The number of nitrogens with one attached hydrogen (secondary N) is 1. The van der Waals surface area contributed by atoms with Crippen molar-refractivity contribution in [2.75, 3.05) is 4.72 Å². The standard InChI is InChI=1S/C18H15N3O2S2/c1-13-7-9-15(10-8-13)25(22,23)20-17-16(14-5-3-2-4-6-14)19-18-21(17)11-12-24-18/h2-12,20H,1H3. The number of fused-ring (bicyclic) bond motifs is 1. The Balaban J connectivity index is 1.83. The van der Waals surface area contributed by atoms with Crippen LogP contribution >= 0.6 is 11.3 Å². The van der Waals surface area contributed by atoms with Crippen molar-refractivity contribution in [2.45, 2.75) is 11.8 Å². The van der Waals surface area contributed by atoms with Crippen LogP contribution in [0.1, 0.15) is 5.56 Å². The summed E-state index contributed by atoms with van der Waals surface area (Å²) < 4.78 is 30.1. The molecule has 0 saturated heterocycles. The molecule has 0 spiro atoms. The Kier molecular flexibility index (Phi) is 3.82. The van der Waals surface area contributed by atoms with E-state index in [1.807, 2.05) is 48.8 Å². The molecule has 7 heteroatoms. The molecule has 4 aromatic rings. The van der Waals surface area contributed by atoms with E-state index in [2.05, 4.69) is 9.71 Å². The first-order valence-corrected chi connectivity index (χ1v) is 10.0. The number of anilines is 1. The van der Waals surface area contributed by atoms with Crippen LogP contribution in [0.5, 0.6) is 0 Å². The summed E-state index contributed by atoms with van der Waals surface area (Å²) in [6.07, 6.45) is 1.81. The van der Waals surface area contributed by atoms with Gasteiger partial charge in [0.2, 0.25) is 0 Å². The van der Waals surface area contributed by atoms with Crippen LogP contribution in [-0.4, -0.2) is 17.8 Å². The van der Waals surface area contributed by atoms with Crippen molar-refractivity contribution in [2.24, 2.45) is 0 Å². The molecule has 1 N–H and O–H groups in total. The van der Waals surface area contributed by atoms with Crippen molar-refractivity contribution in [1.82, 2.24) is 9.38 Å². The summed E-state index contributed by atoms with van der Waals surface area (Å²) in [7, 11) is -3.71. The SMILES string of the molecule is Cc1ccc(S(=O)(=O)Nc2c(-c3ccccc3)nc3sccn23)cc1. The van der Waals surface area contributed by atoms with Gasteiger partial charge >= 0.3 is 0 Å². The molecule has 0 bridgehead atoms. The van der Waals surface area contributed by atoms with Crippen LogP contribution in [0.2, 0.25) is 0 Å². The number of sulfonamides is 1. The van der Waals surface area contributed by atoms with Gasteiger partial charge in [-0.25, -0.2) is 13.4 Å². The Labute approximate surface area is 149 Å². The van der Waals surface area contributed by atoms with E-state index < -0.39 is 10.0 Å². The summed E-state index contributed by atoms with van der Waals surface area (Å²) in [5.74, 6) is 0.447. The summed E-state index contributed by atoms with van der Waals surface area (Å²) in [6.45, 7) is 1.92. The number of hydrogen-bond donors (Lipinski definition) is 1. The van der Waals surface area contributed by atoms with Gasteiger partial charge in [-0.15, -0.1) is 11.3 Å². The summed E-state index contributed by atoms with van der Waals surface area (Å²) in [4.78, 5) is 5.55. The van der Waals surface area contributed by atoms with Crippen molar-refractivity contribution in [3.8, 4) is 11.3 Å². The summed E-state index contributed by atoms with van der Waals surface area (Å²) >= 11 is 1.46. The average Bonchev–Trinajstić information content (AvgIpc) is 3.19. The topological polar surface area (TPSA) is 63.5 Å². The number of aromatic nitrogens is 2. The number of aryl methyl sites for hydroxylation is 1. The third-order valence-electron chi connectivity index (χ3n) is 3.87. The Morgan fingerprint density at radius 1 is 1.04 bits per heavy atom. The zero-order chi connectivity index (χ0) is 17.4. The quantitative estimate of drug-likeness (QED) is 0.587. The Hall–Kier alpha value is -2.64. The van der Waals surface area contributed by atoms with Crippen LogP contribution in [-0.2, 0) is 10.0 Å². The average molecular weight is 369 g/mol. The highest BCUT2D eigenvalue weighted by molar-refractivity contribution is 7.92. The van der Waals surface area contributed by atoms with Gasteiger partial charge in [0.1, 0.15) is 5.69 Å². The van der Waals surface area contributed by atoms with E-state index in [0.717, 1.165) is 16.1 Å². The lowest BCUT2D eigenvalue weighted by Crippen LogP contribution is -2.14. The van der Waals surface area contributed by atoms with Crippen molar-refractivity contribution < 1.29 is 8.42 Å². The van der Waals surface area contributed by atoms with Gasteiger partial charge in [0.15, 0.2) is 10.8 Å². The van der Waals surface area contributed by atoms with Gasteiger partial charge in [-0.3, -0.25) is 9.12 Å². The molecule has 2 aromatic carbocycles. The molecule has 0 atom stereocenters. The van der Waals surface area contributed by atoms with E-state index in [4.69, 9.17) is 0 Å². The first kappa shape index (κ1) is 15.9. The first-order chi connectivity index (χ1) is 12.0. The molecule has 0 fully saturated rings. The third kappa shape index (κ3) is 2.92. The molecule has 5 nitrogen and oxygen atoms in total. The minimum absolute atomic E-state index is 0.224. The molecule has 2 aromatic heterocycles. The van der Waals surface area contributed by atoms with Crippen LogP contribution in [0.3, 0.4) is 0 Å². The van der Waals surface area contributed by atoms with Gasteiger partial charge in [0, 0.05) is 17.1 Å². The van der Waals surface area contributed by atoms with Crippen LogP contribution < -0.4 is 4.72 Å². The fourth-order valence-corrected chi connectivity index (χ4v) is 4.36. The predicted octanol–water partition coefficient (Wildman–Crippen LogP) is 4.17. The fourth-order valence-electron chi connectivity index (χ4n) is 2.58. The molecular weight excluding hydrogens is 354 g/mol. The molecule has 4 rings (SSSR count). The second-order valence-corrected chi connectivity index (χ2v) is 8.20. The molecule has 0 amide bonds. The summed E-state index contributed by atoms with van der Waals surface area (Å²) in [6, 6.07) is 16.3. The first-order valence-electron chi connectivity index (χ1n) is 7.65. The molecule has 0 radical (unpaired) electrons. The van der Waals surface area contributed by atoms with Gasteiger partial charge in [-0.05, 0) is 19.1 Å². The number of thiazole rings is 1. The second-order valence-electron chi connectivity index (χ2n) is 5.65. The maximum atomic E-state index is 12.8. The van der Waals surface area contributed by atoms with Crippen molar-refractivity contribution in [3.63, 3.8) is 0 Å². The normalized spacial score (nSPS) is 11.7. The monoisotopic (exact) mass is 369 g/mol. The smallest absolute Gasteiger partial charge is 0.263 e. The lowest BCUT2D eigenvalue weighted by molar-refractivity contribution is 0.601.